The number of nitrogen functional groups attached to an aromatic ring is 1. The second-order valence-electron chi connectivity index (χ2n) is 5.03. The zero-order valence-electron chi connectivity index (χ0n) is 13.1. The van der Waals surface area contributed by atoms with Crippen LogP contribution in [-0.4, -0.2) is 21.5 Å². The molecule has 3 N–H and O–H groups in total. The fourth-order valence-corrected chi connectivity index (χ4v) is 2.01. The van der Waals surface area contributed by atoms with Crippen LogP contribution in [0.3, 0.4) is 0 Å². The Morgan fingerprint density at radius 2 is 1.72 bits per heavy atom. The Morgan fingerprint density at radius 3 is 2.24 bits per heavy atom. The van der Waals surface area contributed by atoms with E-state index in [2.05, 4.69) is 5.16 Å². The smallest absolute Gasteiger partial charge is 0.307 e. The molecule has 1 aromatic heterocycles. The Morgan fingerprint density at radius 1 is 1.08 bits per heavy atom. The second kappa shape index (κ2) is 8.65. The molecule has 2 aromatic carbocycles. The summed E-state index contributed by atoms with van der Waals surface area (Å²) in [5.41, 5.74) is 7.83. The Bertz CT molecular complexity index is 845. The molecule has 0 amide bonds. The third-order valence-electron chi connectivity index (χ3n) is 3.10. The average molecular weight is 359 g/mol. The molecule has 0 saturated carbocycles. The first kappa shape index (κ1) is 18.2. The molecule has 0 unspecified atom stereocenters. The van der Waals surface area contributed by atoms with E-state index in [1.807, 2.05) is 30.3 Å². The third kappa shape index (κ3) is 5.78. The fourth-order valence-electron chi connectivity index (χ4n) is 1.92. The Kier molecular flexibility index (Phi) is 6.31. The van der Waals surface area contributed by atoms with Gasteiger partial charge in [0.1, 0.15) is 0 Å². The van der Waals surface area contributed by atoms with E-state index < -0.39 is 11.2 Å². The van der Waals surface area contributed by atoms with Gasteiger partial charge in [-0.05, 0) is 29.3 Å². The Balaban J connectivity index is 0.000000186. The molecule has 0 atom stereocenters. The molecule has 0 bridgehead atoms. The number of anilines is 1. The number of carboxylic acid groups (broad SMARTS) is 1. The van der Waals surface area contributed by atoms with E-state index in [4.69, 9.17) is 27.0 Å². The summed E-state index contributed by atoms with van der Waals surface area (Å²) < 4.78 is 4.96. The lowest BCUT2D eigenvalue weighted by atomic mass is 10.1. The normalized spacial score (nSPS) is 9.80. The minimum Gasteiger partial charge on any atom is -0.481 e. The Hall–Kier alpha value is -3.12. The predicted octanol–water partition coefficient (Wildman–Crippen LogP) is 3.62. The van der Waals surface area contributed by atoms with E-state index >= 15 is 0 Å². The molecule has 0 aliphatic rings. The van der Waals surface area contributed by atoms with E-state index in [9.17, 15) is 9.59 Å². The van der Waals surface area contributed by atoms with Crippen LogP contribution in [0, 0.1) is 0 Å². The topological polar surface area (TPSA) is 106 Å². The molecule has 6 nitrogen and oxygen atoms in total. The van der Waals surface area contributed by atoms with Crippen LogP contribution >= 0.6 is 11.6 Å². The predicted molar refractivity (Wildman–Crippen MR) is 94.3 cm³/mol. The number of nitrogens with two attached hydrogens (primary N) is 1. The van der Waals surface area contributed by atoms with Crippen molar-refractivity contribution in [3.63, 3.8) is 0 Å². The maximum atomic E-state index is 10.7. The average Bonchev–Trinajstić information content (AvgIpc) is 3.08. The zero-order chi connectivity index (χ0) is 18.2. The second-order valence-corrected chi connectivity index (χ2v) is 5.37. The molecule has 3 aromatic rings. The highest BCUT2D eigenvalue weighted by molar-refractivity contribution is 6.67. The summed E-state index contributed by atoms with van der Waals surface area (Å²) in [5, 5.41) is 11.3. The molecule has 1 heterocycles. The van der Waals surface area contributed by atoms with E-state index in [1.54, 1.807) is 24.3 Å². The van der Waals surface area contributed by atoms with Crippen molar-refractivity contribution in [3.8, 4) is 11.3 Å². The first-order valence-electron chi connectivity index (χ1n) is 7.24. The molecular formula is C18H15ClN2O4. The number of hydrogen-bond donors (Lipinski definition) is 2. The number of carbonyl (C=O) groups excluding carboxylic acids is 1. The zero-order valence-corrected chi connectivity index (χ0v) is 13.8. The summed E-state index contributed by atoms with van der Waals surface area (Å²) in [6.07, 6.45) is 0.0558. The minimum atomic E-state index is -0.824. The van der Waals surface area contributed by atoms with Gasteiger partial charge in [-0.15, -0.1) is 0 Å². The highest BCUT2D eigenvalue weighted by Gasteiger charge is 2.10. The molecule has 0 aliphatic carbocycles. The van der Waals surface area contributed by atoms with E-state index in [1.165, 1.54) is 6.07 Å². The van der Waals surface area contributed by atoms with Gasteiger partial charge in [0.05, 0.1) is 6.42 Å². The fraction of sp³-hybridized carbons (Fsp3) is 0.0556. The van der Waals surface area contributed by atoms with Gasteiger partial charge < -0.3 is 15.4 Å². The van der Waals surface area contributed by atoms with Crippen molar-refractivity contribution in [2.75, 3.05) is 5.73 Å². The summed E-state index contributed by atoms with van der Waals surface area (Å²) in [6, 6.07) is 17.7. The molecule has 128 valence electrons. The van der Waals surface area contributed by atoms with Crippen molar-refractivity contribution in [1.29, 1.82) is 0 Å². The van der Waals surface area contributed by atoms with Crippen LogP contribution in [-0.2, 0) is 11.2 Å². The number of aromatic nitrogens is 1. The number of aliphatic carboxylic acids is 1. The number of benzene rings is 2. The van der Waals surface area contributed by atoms with Gasteiger partial charge in [0.2, 0.25) is 0 Å². The summed E-state index contributed by atoms with van der Waals surface area (Å²) in [5.74, 6) is -0.288. The highest BCUT2D eigenvalue weighted by Crippen LogP contribution is 2.20. The molecule has 7 heteroatoms. The van der Waals surface area contributed by atoms with Crippen LogP contribution < -0.4 is 5.73 Å². The lowest BCUT2D eigenvalue weighted by Crippen LogP contribution is -1.99. The van der Waals surface area contributed by atoms with E-state index in [-0.39, 0.29) is 12.1 Å². The van der Waals surface area contributed by atoms with Crippen molar-refractivity contribution in [3.05, 3.63) is 71.9 Å². The maximum Gasteiger partial charge on any atom is 0.307 e. The van der Waals surface area contributed by atoms with Gasteiger partial charge in [0.25, 0.3) is 5.24 Å². The van der Waals surface area contributed by atoms with Crippen molar-refractivity contribution < 1.29 is 19.2 Å². The third-order valence-corrected chi connectivity index (χ3v) is 3.30. The van der Waals surface area contributed by atoms with Crippen molar-refractivity contribution in [2.45, 2.75) is 6.42 Å². The van der Waals surface area contributed by atoms with Gasteiger partial charge in [-0.3, -0.25) is 9.59 Å². The molecule has 3 rings (SSSR count). The highest BCUT2D eigenvalue weighted by atomic mass is 35.5. The number of hydrogen-bond acceptors (Lipinski definition) is 5. The number of rotatable bonds is 4. The van der Waals surface area contributed by atoms with Gasteiger partial charge in [-0.2, -0.15) is 0 Å². The number of carbonyl (C=O) groups is 2. The summed E-state index contributed by atoms with van der Waals surface area (Å²) in [4.78, 5) is 21.0. The van der Waals surface area contributed by atoms with Crippen LogP contribution in [0.15, 0.2) is 65.2 Å². The van der Waals surface area contributed by atoms with Gasteiger partial charge >= 0.3 is 5.97 Å². The lowest BCUT2D eigenvalue weighted by Gasteiger charge is -1.96. The lowest BCUT2D eigenvalue weighted by molar-refractivity contribution is -0.136. The van der Waals surface area contributed by atoms with Gasteiger partial charge in [-0.25, -0.2) is 0 Å². The van der Waals surface area contributed by atoms with Crippen molar-refractivity contribution in [1.82, 2.24) is 5.16 Å². The first-order chi connectivity index (χ1) is 12.0. The quantitative estimate of drug-likeness (QED) is 0.545. The van der Waals surface area contributed by atoms with Crippen LogP contribution in [0.4, 0.5) is 5.69 Å². The van der Waals surface area contributed by atoms with Crippen LogP contribution in [0.5, 0.6) is 0 Å². The largest absolute Gasteiger partial charge is 0.481 e. The number of nitrogens with zero attached hydrogens (tertiary/aromatic N) is 1. The molecule has 0 fully saturated rings. The number of halogens is 1. The van der Waals surface area contributed by atoms with Crippen LogP contribution in [0.1, 0.15) is 16.1 Å². The molecule has 25 heavy (non-hydrogen) atoms. The monoisotopic (exact) mass is 358 g/mol. The van der Waals surface area contributed by atoms with E-state index in [0.29, 0.717) is 11.4 Å². The van der Waals surface area contributed by atoms with Crippen molar-refractivity contribution in [2.24, 2.45) is 0 Å². The van der Waals surface area contributed by atoms with Crippen LogP contribution in [0.2, 0.25) is 0 Å². The first-order valence-corrected chi connectivity index (χ1v) is 7.61. The summed E-state index contributed by atoms with van der Waals surface area (Å²) >= 11 is 5.24. The van der Waals surface area contributed by atoms with Crippen molar-refractivity contribution >= 4 is 28.5 Å². The molecule has 0 radical (unpaired) electrons. The Labute approximate surface area is 148 Å². The van der Waals surface area contributed by atoms with E-state index in [0.717, 1.165) is 11.1 Å². The molecule has 0 aliphatic heterocycles. The van der Waals surface area contributed by atoms with Gasteiger partial charge in [0.15, 0.2) is 11.5 Å². The van der Waals surface area contributed by atoms with Gasteiger partial charge in [-0.1, -0.05) is 47.6 Å². The number of carboxylic acids is 1. The summed E-state index contributed by atoms with van der Waals surface area (Å²) in [7, 11) is 0. The molecule has 0 saturated heterocycles. The maximum absolute atomic E-state index is 10.7. The summed E-state index contributed by atoms with van der Waals surface area (Å²) in [6.45, 7) is 0. The molecular weight excluding hydrogens is 344 g/mol. The van der Waals surface area contributed by atoms with Gasteiger partial charge in [0, 0.05) is 17.3 Å². The SMILES string of the molecule is Nc1ccc(CC(=O)O)cc1.O=C(Cl)c1cc(-c2ccccc2)on1. The standard InChI is InChI=1S/C10H6ClNO2.C8H9NO2/c11-10(13)8-6-9(14-12-8)7-4-2-1-3-5-7;9-7-3-1-6(2-4-7)5-8(10)11/h1-6H;1-4H,5,9H2,(H,10,11). The van der Waals surface area contributed by atoms with Crippen LogP contribution in [0.25, 0.3) is 11.3 Å². The molecule has 0 spiro atoms. The minimum absolute atomic E-state index is 0.0558.